The molecule has 0 radical (unpaired) electrons. The van der Waals surface area contributed by atoms with E-state index in [0.717, 1.165) is 36.1 Å². The van der Waals surface area contributed by atoms with Gasteiger partial charge >= 0.3 is 0 Å². The first kappa shape index (κ1) is 21.1. The Morgan fingerprint density at radius 1 is 0.909 bits per heavy atom. The number of thiophene rings is 1. The molecule has 6 heteroatoms. The first-order valence-corrected chi connectivity index (χ1v) is 11.9. The Bertz CT molecular complexity index is 1280. The summed E-state index contributed by atoms with van der Waals surface area (Å²) in [7, 11) is 0. The van der Waals surface area contributed by atoms with E-state index in [1.807, 2.05) is 64.9 Å². The molecule has 2 amide bonds. The van der Waals surface area contributed by atoms with Crippen LogP contribution in [0, 0.1) is 0 Å². The summed E-state index contributed by atoms with van der Waals surface area (Å²) in [6.07, 6.45) is 4.62. The molecule has 33 heavy (non-hydrogen) atoms. The summed E-state index contributed by atoms with van der Waals surface area (Å²) in [6, 6.07) is 22.8. The summed E-state index contributed by atoms with van der Waals surface area (Å²) in [6.45, 7) is 0.693. The van der Waals surface area contributed by atoms with E-state index in [-0.39, 0.29) is 11.8 Å². The highest BCUT2D eigenvalue weighted by Crippen LogP contribution is 2.32. The minimum absolute atomic E-state index is 0.108. The predicted molar refractivity (Wildman–Crippen MR) is 133 cm³/mol. The largest absolute Gasteiger partial charge is 0.321 e. The van der Waals surface area contributed by atoms with Gasteiger partial charge in [0.05, 0.1) is 17.6 Å². The van der Waals surface area contributed by atoms with Gasteiger partial charge in [-0.05, 0) is 60.0 Å². The smallest absolute Gasteiger partial charge is 0.276 e. The SMILES string of the molecule is O=C(Nc1ccc(C(=O)N2CCCCc3sccc32)nc1)c1ccccc1-c1ccccc1. The molecule has 1 N–H and O–H groups in total. The number of nitrogens with zero attached hydrogens (tertiary/aromatic N) is 2. The van der Waals surface area contributed by atoms with Crippen molar-refractivity contribution in [2.75, 3.05) is 16.8 Å². The van der Waals surface area contributed by atoms with Crippen molar-refractivity contribution in [3.05, 3.63) is 101 Å². The molecule has 0 fully saturated rings. The normalized spacial score (nSPS) is 13.2. The first-order valence-electron chi connectivity index (χ1n) is 11.0. The third-order valence-electron chi connectivity index (χ3n) is 5.79. The van der Waals surface area contributed by atoms with E-state index in [1.54, 1.807) is 35.7 Å². The van der Waals surface area contributed by atoms with Gasteiger partial charge in [-0.1, -0.05) is 48.5 Å². The summed E-state index contributed by atoms with van der Waals surface area (Å²) in [5.74, 6) is -0.324. The summed E-state index contributed by atoms with van der Waals surface area (Å²) in [5.41, 5.74) is 4.34. The Balaban J connectivity index is 1.33. The van der Waals surface area contributed by atoms with E-state index in [0.29, 0.717) is 23.5 Å². The highest BCUT2D eigenvalue weighted by molar-refractivity contribution is 7.10. The van der Waals surface area contributed by atoms with Crippen LogP contribution in [0.25, 0.3) is 11.1 Å². The van der Waals surface area contributed by atoms with E-state index in [4.69, 9.17) is 0 Å². The summed E-state index contributed by atoms with van der Waals surface area (Å²) in [5, 5.41) is 4.95. The van der Waals surface area contributed by atoms with Crippen LogP contribution in [0.5, 0.6) is 0 Å². The average Bonchev–Trinajstić information content (AvgIpc) is 3.23. The number of fused-ring (bicyclic) bond motifs is 1. The molecule has 1 aliphatic rings. The Kier molecular flexibility index (Phi) is 6.00. The first-order chi connectivity index (χ1) is 16.2. The Hall–Kier alpha value is -3.77. The number of benzene rings is 2. The van der Waals surface area contributed by atoms with Crippen LogP contribution >= 0.6 is 11.3 Å². The zero-order valence-corrected chi connectivity index (χ0v) is 18.8. The number of pyridine rings is 1. The van der Waals surface area contributed by atoms with Crippen molar-refractivity contribution in [1.82, 2.24) is 4.98 Å². The van der Waals surface area contributed by atoms with Crippen molar-refractivity contribution in [2.24, 2.45) is 0 Å². The second-order valence-corrected chi connectivity index (χ2v) is 8.94. The van der Waals surface area contributed by atoms with Crippen molar-refractivity contribution >= 4 is 34.5 Å². The molecule has 5 nitrogen and oxygen atoms in total. The lowest BCUT2D eigenvalue weighted by molar-refractivity contribution is 0.0981. The molecule has 3 heterocycles. The van der Waals surface area contributed by atoms with Crippen LogP contribution in [0.1, 0.15) is 38.6 Å². The summed E-state index contributed by atoms with van der Waals surface area (Å²) < 4.78 is 0. The van der Waals surface area contributed by atoms with Crippen LogP contribution in [0.4, 0.5) is 11.4 Å². The van der Waals surface area contributed by atoms with Gasteiger partial charge in [-0.25, -0.2) is 4.98 Å². The lowest BCUT2D eigenvalue weighted by Crippen LogP contribution is -2.32. The highest BCUT2D eigenvalue weighted by atomic mass is 32.1. The molecule has 0 atom stereocenters. The fourth-order valence-electron chi connectivity index (χ4n) is 4.13. The fraction of sp³-hybridized carbons (Fsp3) is 0.148. The summed E-state index contributed by atoms with van der Waals surface area (Å²) >= 11 is 1.70. The number of hydrogen-bond acceptors (Lipinski definition) is 4. The molecule has 0 saturated heterocycles. The van der Waals surface area contributed by atoms with Gasteiger partial charge in [-0.2, -0.15) is 0 Å². The fourth-order valence-corrected chi connectivity index (χ4v) is 5.05. The Morgan fingerprint density at radius 3 is 2.55 bits per heavy atom. The maximum atomic E-state index is 13.2. The second kappa shape index (κ2) is 9.38. The molecule has 1 aliphatic heterocycles. The molecular formula is C27H23N3O2S. The molecular weight excluding hydrogens is 430 g/mol. The Labute approximate surface area is 196 Å². The molecule has 2 aromatic heterocycles. The molecule has 0 saturated carbocycles. The quantitative estimate of drug-likeness (QED) is 0.409. The van der Waals surface area contributed by atoms with Crippen LogP contribution in [-0.2, 0) is 6.42 Å². The molecule has 5 rings (SSSR count). The highest BCUT2D eigenvalue weighted by Gasteiger charge is 2.24. The standard InChI is InChI=1S/C27H23N3O2S/c31-26(22-11-5-4-10-21(22)19-8-2-1-3-9-19)29-20-13-14-23(28-18-20)27(32)30-16-7-6-12-25-24(30)15-17-33-25/h1-5,8-11,13-15,17-18H,6-7,12,16H2,(H,29,31). The molecule has 0 spiro atoms. The zero-order valence-electron chi connectivity index (χ0n) is 18.0. The van der Waals surface area contributed by atoms with E-state index in [9.17, 15) is 9.59 Å². The van der Waals surface area contributed by atoms with Gasteiger partial charge in [0.1, 0.15) is 5.69 Å². The molecule has 0 bridgehead atoms. The van der Waals surface area contributed by atoms with Gasteiger partial charge in [0, 0.05) is 17.0 Å². The molecule has 0 aliphatic carbocycles. The van der Waals surface area contributed by atoms with E-state index >= 15 is 0 Å². The third kappa shape index (κ3) is 4.43. The van der Waals surface area contributed by atoms with Crippen molar-refractivity contribution in [3.63, 3.8) is 0 Å². The monoisotopic (exact) mass is 453 g/mol. The minimum Gasteiger partial charge on any atom is -0.321 e. The van der Waals surface area contributed by atoms with Gasteiger partial charge in [-0.3, -0.25) is 9.59 Å². The van der Waals surface area contributed by atoms with E-state index < -0.39 is 0 Å². The van der Waals surface area contributed by atoms with Crippen molar-refractivity contribution in [3.8, 4) is 11.1 Å². The number of amides is 2. The van der Waals surface area contributed by atoms with Gasteiger partial charge < -0.3 is 10.2 Å². The van der Waals surface area contributed by atoms with Gasteiger partial charge in [-0.15, -0.1) is 11.3 Å². The maximum absolute atomic E-state index is 13.2. The van der Waals surface area contributed by atoms with Crippen LogP contribution < -0.4 is 10.2 Å². The average molecular weight is 454 g/mol. The number of aryl methyl sites for hydroxylation is 1. The molecule has 4 aromatic rings. The van der Waals surface area contributed by atoms with Crippen molar-refractivity contribution < 1.29 is 9.59 Å². The molecule has 0 unspecified atom stereocenters. The number of rotatable bonds is 4. The van der Waals surface area contributed by atoms with Crippen LogP contribution in [-0.4, -0.2) is 23.3 Å². The number of anilines is 2. The predicted octanol–water partition coefficient (Wildman–Crippen LogP) is 6.05. The lowest BCUT2D eigenvalue weighted by Gasteiger charge is -2.20. The Morgan fingerprint density at radius 2 is 1.73 bits per heavy atom. The topological polar surface area (TPSA) is 62.3 Å². The molecule has 2 aromatic carbocycles. The third-order valence-corrected chi connectivity index (χ3v) is 6.76. The van der Waals surface area contributed by atoms with Crippen LogP contribution in [0.15, 0.2) is 84.4 Å². The van der Waals surface area contributed by atoms with Crippen molar-refractivity contribution in [1.29, 1.82) is 0 Å². The van der Waals surface area contributed by atoms with Crippen molar-refractivity contribution in [2.45, 2.75) is 19.3 Å². The van der Waals surface area contributed by atoms with E-state index in [1.165, 1.54) is 4.88 Å². The van der Waals surface area contributed by atoms with Crippen LogP contribution in [0.3, 0.4) is 0 Å². The number of aromatic nitrogens is 1. The number of carbonyl (C=O) groups is 2. The van der Waals surface area contributed by atoms with Gasteiger partial charge in [0.25, 0.3) is 11.8 Å². The number of hydrogen-bond donors (Lipinski definition) is 1. The number of carbonyl (C=O) groups excluding carboxylic acids is 2. The van der Waals surface area contributed by atoms with Crippen LogP contribution in [0.2, 0.25) is 0 Å². The van der Waals surface area contributed by atoms with Gasteiger partial charge in [0.15, 0.2) is 0 Å². The van der Waals surface area contributed by atoms with Gasteiger partial charge in [0.2, 0.25) is 0 Å². The number of nitrogens with one attached hydrogen (secondary N) is 1. The second-order valence-electron chi connectivity index (χ2n) is 7.94. The lowest BCUT2D eigenvalue weighted by atomic mass is 9.99. The molecule has 164 valence electrons. The summed E-state index contributed by atoms with van der Waals surface area (Å²) in [4.78, 5) is 33.6. The maximum Gasteiger partial charge on any atom is 0.276 e. The minimum atomic E-state index is -0.217. The van der Waals surface area contributed by atoms with E-state index in [2.05, 4.69) is 10.3 Å². The zero-order chi connectivity index (χ0) is 22.6.